The van der Waals surface area contributed by atoms with Crippen molar-refractivity contribution in [2.24, 2.45) is 0 Å². The Kier molecular flexibility index (Phi) is 5.77. The molecular weight excluding hydrogens is 416 g/mol. The zero-order valence-electron chi connectivity index (χ0n) is 18.8. The maximum absolute atomic E-state index is 12.4. The third-order valence-corrected chi connectivity index (χ3v) is 6.11. The van der Waals surface area contributed by atoms with Crippen LogP contribution >= 0.6 is 0 Å². The van der Waals surface area contributed by atoms with E-state index in [9.17, 15) is 4.79 Å². The number of nitrogens with one attached hydrogen (secondary N) is 1. The van der Waals surface area contributed by atoms with E-state index in [0.717, 1.165) is 84.3 Å². The maximum atomic E-state index is 12.4. The van der Waals surface area contributed by atoms with E-state index in [1.54, 1.807) is 10.9 Å². The predicted octanol–water partition coefficient (Wildman–Crippen LogP) is 3.43. The Morgan fingerprint density at radius 2 is 2.00 bits per heavy atom. The number of fused-ring (bicyclic) bond motifs is 1. The van der Waals surface area contributed by atoms with Gasteiger partial charge in [0.25, 0.3) is 0 Å². The van der Waals surface area contributed by atoms with Crippen molar-refractivity contribution in [2.75, 3.05) is 18.8 Å². The van der Waals surface area contributed by atoms with Gasteiger partial charge in [-0.05, 0) is 37.8 Å². The number of nitrogen functional groups attached to an aromatic ring is 1. The Balaban J connectivity index is 1.43. The summed E-state index contributed by atoms with van der Waals surface area (Å²) in [7, 11) is 0. The molecule has 5 rings (SSSR count). The molecule has 4 aromatic heterocycles. The van der Waals surface area contributed by atoms with E-state index in [4.69, 9.17) is 5.73 Å². The molecule has 0 radical (unpaired) electrons. The second kappa shape index (κ2) is 9.01. The first-order valence-corrected chi connectivity index (χ1v) is 11.5. The van der Waals surface area contributed by atoms with Crippen LogP contribution in [0.25, 0.3) is 33.4 Å². The fraction of sp³-hybridized carbons (Fsp3) is 0.375. The van der Waals surface area contributed by atoms with E-state index in [2.05, 4.69) is 38.0 Å². The Labute approximate surface area is 192 Å². The average Bonchev–Trinajstić information content (AvgIpc) is 3.57. The lowest BCUT2D eigenvalue weighted by molar-refractivity contribution is -0.130. The zero-order chi connectivity index (χ0) is 22.8. The first kappa shape index (κ1) is 21.1. The molecule has 0 bridgehead atoms. The van der Waals surface area contributed by atoms with E-state index < -0.39 is 0 Å². The van der Waals surface area contributed by atoms with Gasteiger partial charge >= 0.3 is 0 Å². The molecule has 0 aromatic carbocycles. The Bertz CT molecular complexity index is 1280. The number of pyridine rings is 1. The summed E-state index contributed by atoms with van der Waals surface area (Å²) < 4.78 is 1.70. The van der Waals surface area contributed by atoms with Crippen molar-refractivity contribution in [2.45, 2.75) is 45.6 Å². The molecule has 9 nitrogen and oxygen atoms in total. The highest BCUT2D eigenvalue weighted by atomic mass is 16.2. The quantitative estimate of drug-likeness (QED) is 0.451. The van der Waals surface area contributed by atoms with Crippen molar-refractivity contribution >= 4 is 22.9 Å². The van der Waals surface area contributed by atoms with E-state index in [1.807, 2.05) is 29.6 Å². The van der Waals surface area contributed by atoms with Gasteiger partial charge in [0.1, 0.15) is 12.2 Å². The fourth-order valence-electron chi connectivity index (χ4n) is 4.32. The Morgan fingerprint density at radius 1 is 1.15 bits per heavy atom. The molecule has 4 aromatic rings. The summed E-state index contributed by atoms with van der Waals surface area (Å²) in [4.78, 5) is 31.0. The van der Waals surface area contributed by atoms with Crippen molar-refractivity contribution < 1.29 is 4.79 Å². The molecule has 1 saturated heterocycles. The standard InChI is InChI=1S/C24H28N8O/c1-2-3-6-18-10-21(30-24(25)29-18)20-13-27-23-19(20)9-16(11-26-23)17-12-28-32(14-17)15-22(33)31-7-4-5-8-31/h9-14H,2-8,15H2,1H3,(H,26,27)(H2,25,29,30). The molecule has 0 spiro atoms. The molecule has 170 valence electrons. The van der Waals surface area contributed by atoms with Crippen molar-refractivity contribution in [1.29, 1.82) is 0 Å². The summed E-state index contributed by atoms with van der Waals surface area (Å²) in [5.41, 5.74) is 11.3. The number of carbonyl (C=O) groups is 1. The lowest BCUT2D eigenvalue weighted by Crippen LogP contribution is -2.31. The molecule has 0 saturated carbocycles. The number of anilines is 1. The molecule has 1 aliphatic rings. The molecule has 3 N–H and O–H groups in total. The number of aromatic amines is 1. The Morgan fingerprint density at radius 3 is 2.82 bits per heavy atom. The molecule has 1 aliphatic heterocycles. The summed E-state index contributed by atoms with van der Waals surface area (Å²) in [6.45, 7) is 4.10. The van der Waals surface area contributed by atoms with Crippen LogP contribution in [0.3, 0.4) is 0 Å². The van der Waals surface area contributed by atoms with Gasteiger partial charge in [-0.3, -0.25) is 9.48 Å². The van der Waals surface area contributed by atoms with Crippen LogP contribution in [0.15, 0.2) is 36.9 Å². The third-order valence-electron chi connectivity index (χ3n) is 6.11. The molecule has 33 heavy (non-hydrogen) atoms. The van der Waals surface area contributed by atoms with Crippen molar-refractivity contribution in [3.05, 3.63) is 42.6 Å². The van der Waals surface area contributed by atoms with Gasteiger partial charge in [0, 0.05) is 59.5 Å². The van der Waals surface area contributed by atoms with Crippen LogP contribution in [-0.2, 0) is 17.8 Å². The van der Waals surface area contributed by atoms with E-state index in [0.29, 0.717) is 0 Å². The number of rotatable bonds is 7. The van der Waals surface area contributed by atoms with Gasteiger partial charge in [0.15, 0.2) is 0 Å². The molecule has 0 atom stereocenters. The first-order valence-electron chi connectivity index (χ1n) is 11.5. The normalized spacial score (nSPS) is 13.8. The van der Waals surface area contributed by atoms with Gasteiger partial charge < -0.3 is 15.6 Å². The zero-order valence-corrected chi connectivity index (χ0v) is 18.8. The van der Waals surface area contributed by atoms with Crippen LogP contribution < -0.4 is 5.73 Å². The molecular formula is C24H28N8O. The number of likely N-dealkylation sites (tertiary alicyclic amines) is 1. The second-order valence-corrected chi connectivity index (χ2v) is 8.54. The monoisotopic (exact) mass is 444 g/mol. The highest BCUT2D eigenvalue weighted by molar-refractivity contribution is 5.95. The molecule has 1 amide bonds. The van der Waals surface area contributed by atoms with Gasteiger partial charge in [0.05, 0.1) is 11.9 Å². The number of amides is 1. The number of aromatic nitrogens is 6. The van der Waals surface area contributed by atoms with Crippen molar-refractivity contribution in [1.82, 2.24) is 34.6 Å². The summed E-state index contributed by atoms with van der Waals surface area (Å²) in [5, 5.41) is 5.35. The van der Waals surface area contributed by atoms with Crippen LogP contribution in [0.1, 0.15) is 38.3 Å². The van der Waals surface area contributed by atoms with Crippen LogP contribution in [0.4, 0.5) is 5.95 Å². The van der Waals surface area contributed by atoms with Gasteiger partial charge in [-0.1, -0.05) is 13.3 Å². The van der Waals surface area contributed by atoms with E-state index in [1.165, 1.54) is 0 Å². The minimum absolute atomic E-state index is 0.115. The number of aryl methyl sites for hydroxylation is 1. The third kappa shape index (κ3) is 4.44. The van der Waals surface area contributed by atoms with Crippen LogP contribution in [0, 0.1) is 0 Å². The lowest BCUT2D eigenvalue weighted by Gasteiger charge is -2.14. The molecule has 9 heteroatoms. The topological polar surface area (TPSA) is 119 Å². The van der Waals surface area contributed by atoms with Crippen molar-refractivity contribution in [3.8, 4) is 22.4 Å². The molecule has 5 heterocycles. The second-order valence-electron chi connectivity index (χ2n) is 8.54. The van der Waals surface area contributed by atoms with Crippen molar-refractivity contribution in [3.63, 3.8) is 0 Å². The van der Waals surface area contributed by atoms with E-state index >= 15 is 0 Å². The minimum atomic E-state index is 0.115. The largest absolute Gasteiger partial charge is 0.368 e. The van der Waals surface area contributed by atoms with E-state index in [-0.39, 0.29) is 18.4 Å². The number of unbranched alkanes of at least 4 members (excludes halogenated alkanes) is 1. The summed E-state index contributed by atoms with van der Waals surface area (Å²) >= 11 is 0. The summed E-state index contributed by atoms with van der Waals surface area (Å²) in [6.07, 6.45) is 12.6. The highest BCUT2D eigenvalue weighted by Crippen LogP contribution is 2.30. The summed E-state index contributed by atoms with van der Waals surface area (Å²) in [6, 6.07) is 4.07. The SMILES string of the molecule is CCCCc1cc(-c2c[nH]c3ncc(-c4cnn(CC(=O)N5CCCC5)c4)cc23)nc(N)n1. The smallest absolute Gasteiger partial charge is 0.244 e. The van der Waals surface area contributed by atoms with Crippen LogP contribution in [-0.4, -0.2) is 53.6 Å². The van der Waals surface area contributed by atoms with Gasteiger partial charge in [0.2, 0.25) is 11.9 Å². The number of carbonyl (C=O) groups excluding carboxylic acids is 1. The van der Waals surface area contributed by atoms with Gasteiger partial charge in [-0.15, -0.1) is 0 Å². The molecule has 0 unspecified atom stereocenters. The number of hydrogen-bond donors (Lipinski definition) is 2. The Hall–Kier alpha value is -3.75. The number of nitrogens with two attached hydrogens (primary N) is 1. The highest BCUT2D eigenvalue weighted by Gasteiger charge is 2.19. The molecule has 1 fully saturated rings. The van der Waals surface area contributed by atoms with Gasteiger partial charge in [-0.2, -0.15) is 5.10 Å². The number of nitrogens with zero attached hydrogens (tertiary/aromatic N) is 6. The van der Waals surface area contributed by atoms with Crippen LogP contribution in [0.5, 0.6) is 0 Å². The molecule has 0 aliphatic carbocycles. The maximum Gasteiger partial charge on any atom is 0.244 e. The summed E-state index contributed by atoms with van der Waals surface area (Å²) in [5.74, 6) is 0.393. The van der Waals surface area contributed by atoms with Gasteiger partial charge in [-0.25, -0.2) is 15.0 Å². The number of H-pyrrole nitrogens is 1. The lowest BCUT2D eigenvalue weighted by atomic mass is 10.1. The average molecular weight is 445 g/mol. The predicted molar refractivity (Wildman–Crippen MR) is 127 cm³/mol. The number of hydrogen-bond acceptors (Lipinski definition) is 6. The van der Waals surface area contributed by atoms with Crippen LogP contribution in [0.2, 0.25) is 0 Å². The fourth-order valence-corrected chi connectivity index (χ4v) is 4.32. The minimum Gasteiger partial charge on any atom is -0.368 e. The first-order chi connectivity index (χ1) is 16.1.